The van der Waals surface area contributed by atoms with Crippen LogP contribution in [-0.2, 0) is 15.9 Å². The summed E-state index contributed by atoms with van der Waals surface area (Å²) in [7, 11) is 0. The zero-order chi connectivity index (χ0) is 20.9. The number of hydrogen-bond acceptors (Lipinski definition) is 6. The number of ketones is 1. The van der Waals surface area contributed by atoms with Gasteiger partial charge in [-0.3, -0.25) is 4.79 Å². The van der Waals surface area contributed by atoms with E-state index in [-0.39, 0.29) is 41.7 Å². The van der Waals surface area contributed by atoms with Crippen LogP contribution in [0.1, 0.15) is 66.1 Å². The van der Waals surface area contributed by atoms with Gasteiger partial charge in [-0.2, -0.15) is 0 Å². The van der Waals surface area contributed by atoms with Crippen molar-refractivity contribution >= 4 is 5.78 Å². The van der Waals surface area contributed by atoms with Crippen molar-refractivity contribution in [2.45, 2.75) is 57.3 Å². The molecule has 2 fully saturated rings. The number of carbonyl (C=O) groups is 1. The molecule has 2 aliphatic heterocycles. The lowest BCUT2D eigenvalue weighted by Gasteiger charge is -2.23. The second-order valence-corrected chi connectivity index (χ2v) is 7.94. The summed E-state index contributed by atoms with van der Waals surface area (Å²) in [6.45, 7) is 1.40. The van der Waals surface area contributed by atoms with Crippen molar-refractivity contribution in [2.75, 3.05) is 13.2 Å². The van der Waals surface area contributed by atoms with Crippen molar-refractivity contribution in [3.63, 3.8) is 0 Å². The average molecular weight is 412 g/mol. The molecule has 2 aromatic rings. The minimum Gasteiger partial charge on any atom is -0.508 e. The zero-order valence-electron chi connectivity index (χ0n) is 17.0. The molecule has 0 aromatic heterocycles. The van der Waals surface area contributed by atoms with E-state index in [0.29, 0.717) is 17.9 Å². The highest BCUT2D eigenvalue weighted by atomic mass is 16.7. The number of phenolic OH excluding ortho intramolecular Hbond substituents is 2. The molecule has 2 aromatic carbocycles. The molecular formula is C24H28O6. The number of Topliss-reactive ketones (excluding diaryl/α,β-unsaturated/α-hetero) is 1. The van der Waals surface area contributed by atoms with Crippen LogP contribution in [0.3, 0.4) is 0 Å². The maximum Gasteiger partial charge on any atom is 0.199 e. The third-order valence-corrected chi connectivity index (χ3v) is 5.69. The van der Waals surface area contributed by atoms with Gasteiger partial charge in [-0.15, -0.1) is 0 Å². The van der Waals surface area contributed by atoms with Gasteiger partial charge in [-0.05, 0) is 55.9 Å². The molecule has 2 unspecified atom stereocenters. The molecule has 30 heavy (non-hydrogen) atoms. The van der Waals surface area contributed by atoms with Gasteiger partial charge in [-0.1, -0.05) is 12.1 Å². The Labute approximate surface area is 176 Å². The van der Waals surface area contributed by atoms with Crippen molar-refractivity contribution in [3.05, 3.63) is 53.1 Å². The fourth-order valence-electron chi connectivity index (χ4n) is 3.98. The highest BCUT2D eigenvalue weighted by molar-refractivity contribution is 6.00. The monoisotopic (exact) mass is 412 g/mol. The van der Waals surface area contributed by atoms with Crippen LogP contribution in [-0.4, -0.2) is 35.5 Å². The number of hydrogen-bond donors (Lipinski definition) is 2. The zero-order valence-corrected chi connectivity index (χ0v) is 17.0. The fourth-order valence-corrected chi connectivity index (χ4v) is 3.98. The van der Waals surface area contributed by atoms with Crippen LogP contribution in [0.5, 0.6) is 17.2 Å². The number of aromatic hydroxyl groups is 2. The SMILES string of the molecule is O=C(Cc1ccc(C2CCCCO2)cc1O)c1ccc(OC2CCCCO2)cc1O. The van der Waals surface area contributed by atoms with Gasteiger partial charge in [0.25, 0.3) is 0 Å². The summed E-state index contributed by atoms with van der Waals surface area (Å²) in [5.41, 5.74) is 1.65. The lowest BCUT2D eigenvalue weighted by atomic mass is 9.96. The summed E-state index contributed by atoms with van der Waals surface area (Å²) in [6, 6.07) is 9.99. The van der Waals surface area contributed by atoms with E-state index in [4.69, 9.17) is 14.2 Å². The Balaban J connectivity index is 1.41. The summed E-state index contributed by atoms with van der Waals surface area (Å²) < 4.78 is 17.0. The number of rotatable bonds is 6. The minimum absolute atomic E-state index is 0.000802. The highest BCUT2D eigenvalue weighted by Gasteiger charge is 2.20. The van der Waals surface area contributed by atoms with Gasteiger partial charge < -0.3 is 24.4 Å². The second kappa shape index (κ2) is 9.49. The Morgan fingerprint density at radius 3 is 2.40 bits per heavy atom. The van der Waals surface area contributed by atoms with Crippen LogP contribution in [0.15, 0.2) is 36.4 Å². The Bertz CT molecular complexity index is 881. The van der Waals surface area contributed by atoms with E-state index in [9.17, 15) is 15.0 Å². The van der Waals surface area contributed by atoms with Gasteiger partial charge in [0, 0.05) is 31.1 Å². The van der Waals surface area contributed by atoms with Crippen molar-refractivity contribution < 1.29 is 29.2 Å². The molecule has 2 aliphatic rings. The lowest BCUT2D eigenvalue weighted by Crippen LogP contribution is -2.24. The van der Waals surface area contributed by atoms with Crippen LogP contribution >= 0.6 is 0 Å². The molecule has 0 radical (unpaired) electrons. The Morgan fingerprint density at radius 1 is 0.933 bits per heavy atom. The van der Waals surface area contributed by atoms with Crippen LogP contribution in [0.4, 0.5) is 0 Å². The Hall–Kier alpha value is -2.57. The van der Waals surface area contributed by atoms with E-state index in [1.165, 1.54) is 6.07 Å². The van der Waals surface area contributed by atoms with Gasteiger partial charge in [-0.25, -0.2) is 0 Å². The van der Waals surface area contributed by atoms with Crippen LogP contribution in [0.2, 0.25) is 0 Å². The standard InChI is InChI=1S/C24H28O6/c25-20-14-17(23-5-1-3-11-28-23)8-7-16(20)13-21(26)19-10-9-18(15-22(19)27)30-24-6-2-4-12-29-24/h7-10,14-15,23-25,27H,1-6,11-13H2. The van der Waals surface area contributed by atoms with E-state index >= 15 is 0 Å². The van der Waals surface area contributed by atoms with Gasteiger partial charge in [0.05, 0.1) is 18.3 Å². The molecular weight excluding hydrogens is 384 g/mol. The molecule has 0 amide bonds. The minimum atomic E-state index is -0.316. The topological polar surface area (TPSA) is 85.2 Å². The van der Waals surface area contributed by atoms with E-state index < -0.39 is 0 Å². The Kier molecular flexibility index (Phi) is 6.55. The van der Waals surface area contributed by atoms with Crippen molar-refractivity contribution in [1.82, 2.24) is 0 Å². The second-order valence-electron chi connectivity index (χ2n) is 7.94. The van der Waals surface area contributed by atoms with Crippen molar-refractivity contribution in [1.29, 1.82) is 0 Å². The van der Waals surface area contributed by atoms with Crippen LogP contribution in [0.25, 0.3) is 0 Å². The molecule has 2 saturated heterocycles. The molecule has 0 saturated carbocycles. The van der Waals surface area contributed by atoms with Crippen LogP contribution in [0, 0.1) is 0 Å². The molecule has 2 heterocycles. The maximum atomic E-state index is 12.7. The molecule has 2 N–H and O–H groups in total. The van der Waals surface area contributed by atoms with Crippen molar-refractivity contribution in [3.8, 4) is 17.2 Å². The molecule has 160 valence electrons. The quantitative estimate of drug-likeness (QED) is 0.671. The summed E-state index contributed by atoms with van der Waals surface area (Å²) in [4.78, 5) is 12.7. The normalized spacial score (nSPS) is 21.9. The predicted molar refractivity (Wildman–Crippen MR) is 111 cm³/mol. The first-order valence-corrected chi connectivity index (χ1v) is 10.7. The first-order chi connectivity index (χ1) is 14.6. The summed E-state index contributed by atoms with van der Waals surface area (Å²) >= 11 is 0. The summed E-state index contributed by atoms with van der Waals surface area (Å²) in [6.07, 6.45) is 5.67. The number of ether oxygens (including phenoxy) is 3. The lowest BCUT2D eigenvalue weighted by molar-refractivity contribution is -0.105. The van der Waals surface area contributed by atoms with Crippen molar-refractivity contribution in [2.24, 2.45) is 0 Å². The van der Waals surface area contributed by atoms with E-state index in [1.54, 1.807) is 24.3 Å². The first kappa shape index (κ1) is 20.7. The molecule has 4 rings (SSSR count). The van der Waals surface area contributed by atoms with E-state index in [1.807, 2.05) is 6.07 Å². The highest BCUT2D eigenvalue weighted by Crippen LogP contribution is 2.32. The maximum absolute atomic E-state index is 12.7. The predicted octanol–water partition coefficient (Wildman–Crippen LogP) is 4.67. The summed E-state index contributed by atoms with van der Waals surface area (Å²) in [5.74, 6) is 0.129. The number of carbonyl (C=O) groups excluding carboxylic acids is 1. The van der Waals surface area contributed by atoms with Gasteiger partial charge in [0.1, 0.15) is 17.2 Å². The van der Waals surface area contributed by atoms with Gasteiger partial charge >= 0.3 is 0 Å². The molecule has 0 aliphatic carbocycles. The van der Waals surface area contributed by atoms with Gasteiger partial charge in [0.2, 0.25) is 0 Å². The molecule has 2 atom stereocenters. The van der Waals surface area contributed by atoms with E-state index in [2.05, 4.69) is 0 Å². The fraction of sp³-hybridized carbons (Fsp3) is 0.458. The Morgan fingerprint density at radius 2 is 1.73 bits per heavy atom. The smallest absolute Gasteiger partial charge is 0.199 e. The molecule has 0 bridgehead atoms. The first-order valence-electron chi connectivity index (χ1n) is 10.7. The van der Waals surface area contributed by atoms with Crippen LogP contribution < -0.4 is 4.74 Å². The molecule has 0 spiro atoms. The molecule has 6 nitrogen and oxygen atoms in total. The third kappa shape index (κ3) is 4.94. The summed E-state index contributed by atoms with van der Waals surface area (Å²) in [5, 5.41) is 20.7. The largest absolute Gasteiger partial charge is 0.508 e. The van der Waals surface area contributed by atoms with E-state index in [0.717, 1.165) is 50.7 Å². The third-order valence-electron chi connectivity index (χ3n) is 5.69. The number of phenols is 2. The number of benzene rings is 2. The molecule has 6 heteroatoms. The van der Waals surface area contributed by atoms with Gasteiger partial charge in [0.15, 0.2) is 12.1 Å². The average Bonchev–Trinajstić information content (AvgIpc) is 2.76.